The van der Waals surface area contributed by atoms with Crippen LogP contribution in [0.5, 0.6) is 0 Å². The lowest BCUT2D eigenvalue weighted by molar-refractivity contribution is 0.153. The Labute approximate surface area is 121 Å². The number of pyridine rings is 1. The molecule has 1 aliphatic rings. The number of hydrogen-bond acceptors (Lipinski definition) is 5. The van der Waals surface area contributed by atoms with E-state index in [0.29, 0.717) is 23.9 Å². The predicted molar refractivity (Wildman–Crippen MR) is 76.8 cm³/mol. The molecule has 3 heterocycles. The molecule has 0 radical (unpaired) electrons. The molecule has 0 unspecified atom stereocenters. The zero-order valence-electron chi connectivity index (χ0n) is 11.1. The average molecular weight is 296 g/mol. The topological polar surface area (TPSA) is 53.9 Å². The molecule has 0 spiro atoms. The van der Waals surface area contributed by atoms with E-state index in [1.807, 2.05) is 11.9 Å². The highest BCUT2D eigenvalue weighted by atomic mass is 35.5. The number of nitrogens with one attached hydrogen (secondary N) is 1. The first-order valence-electron chi connectivity index (χ1n) is 6.48. The number of hydrogen-bond donors (Lipinski definition) is 1. The van der Waals surface area contributed by atoms with E-state index in [1.54, 1.807) is 18.5 Å². The Balaban J connectivity index is 1.89. The highest BCUT2D eigenvalue weighted by molar-refractivity contribution is 6.34. The van der Waals surface area contributed by atoms with Crippen LogP contribution in [0.25, 0.3) is 10.8 Å². The van der Waals surface area contributed by atoms with E-state index in [2.05, 4.69) is 20.5 Å². The molecule has 0 bridgehead atoms. The van der Waals surface area contributed by atoms with Crippen molar-refractivity contribution >= 4 is 28.2 Å². The SMILES string of the molecule is CN1C[C@@H](F)C[C@H](Nc2nnc(Cl)c3ccncc23)C1. The highest BCUT2D eigenvalue weighted by Gasteiger charge is 2.25. The molecule has 2 aromatic rings. The maximum absolute atomic E-state index is 13.6. The van der Waals surface area contributed by atoms with Gasteiger partial charge in [-0.2, -0.15) is 0 Å². The van der Waals surface area contributed by atoms with Crippen molar-refractivity contribution in [2.24, 2.45) is 0 Å². The van der Waals surface area contributed by atoms with Gasteiger partial charge in [-0.1, -0.05) is 11.6 Å². The average Bonchev–Trinajstić information content (AvgIpc) is 2.41. The monoisotopic (exact) mass is 295 g/mol. The standard InChI is InChI=1S/C13H15ClFN5/c1-20-6-8(15)4-9(7-20)17-13-11-5-16-3-2-10(11)12(14)18-19-13/h2-3,5,8-9H,4,6-7H2,1H3,(H,17,19)/t8-,9-/m0/s1. The summed E-state index contributed by atoms with van der Waals surface area (Å²) in [6, 6.07) is 1.80. The fraction of sp³-hybridized carbons (Fsp3) is 0.462. The van der Waals surface area contributed by atoms with Crippen LogP contribution >= 0.6 is 11.6 Å². The third-order valence-electron chi connectivity index (χ3n) is 3.46. The molecule has 0 aliphatic carbocycles. The summed E-state index contributed by atoms with van der Waals surface area (Å²) in [5, 5.41) is 13.2. The third kappa shape index (κ3) is 2.66. The lowest BCUT2D eigenvalue weighted by Crippen LogP contribution is -2.45. The molecule has 1 N–H and O–H groups in total. The molecule has 0 saturated carbocycles. The van der Waals surface area contributed by atoms with Gasteiger partial charge in [0.05, 0.1) is 0 Å². The number of likely N-dealkylation sites (N-methyl/N-ethyl adjacent to an activating group) is 1. The van der Waals surface area contributed by atoms with E-state index in [4.69, 9.17) is 11.6 Å². The quantitative estimate of drug-likeness (QED) is 0.920. The molecule has 106 valence electrons. The van der Waals surface area contributed by atoms with E-state index < -0.39 is 6.17 Å². The van der Waals surface area contributed by atoms with Gasteiger partial charge in [-0.15, -0.1) is 10.2 Å². The van der Waals surface area contributed by atoms with Gasteiger partial charge in [0.15, 0.2) is 11.0 Å². The maximum Gasteiger partial charge on any atom is 0.159 e. The predicted octanol–water partition coefficient (Wildman–Crippen LogP) is 2.13. The second-order valence-electron chi connectivity index (χ2n) is 5.16. The normalized spacial score (nSPS) is 23.9. The van der Waals surface area contributed by atoms with Crippen LogP contribution in [0.1, 0.15) is 6.42 Å². The van der Waals surface area contributed by atoms with E-state index >= 15 is 0 Å². The number of halogens is 2. The summed E-state index contributed by atoms with van der Waals surface area (Å²) < 4.78 is 13.6. The van der Waals surface area contributed by atoms with Crippen LogP contribution in [0, 0.1) is 0 Å². The van der Waals surface area contributed by atoms with Crippen LogP contribution in [-0.4, -0.2) is 52.4 Å². The summed E-state index contributed by atoms with van der Waals surface area (Å²) in [7, 11) is 1.91. The van der Waals surface area contributed by atoms with Crippen LogP contribution in [0.4, 0.5) is 10.2 Å². The molecule has 1 fully saturated rings. The number of alkyl halides is 1. The van der Waals surface area contributed by atoms with Crippen molar-refractivity contribution in [1.82, 2.24) is 20.1 Å². The van der Waals surface area contributed by atoms with Crippen molar-refractivity contribution in [1.29, 1.82) is 0 Å². The lowest BCUT2D eigenvalue weighted by Gasteiger charge is -2.32. The largest absolute Gasteiger partial charge is 0.364 e. The number of rotatable bonds is 2. The molecule has 20 heavy (non-hydrogen) atoms. The van der Waals surface area contributed by atoms with E-state index in [9.17, 15) is 4.39 Å². The first kappa shape index (κ1) is 13.5. The molecule has 5 nitrogen and oxygen atoms in total. The minimum Gasteiger partial charge on any atom is -0.364 e. The molecule has 3 rings (SSSR count). The summed E-state index contributed by atoms with van der Waals surface area (Å²) >= 11 is 6.02. The zero-order valence-corrected chi connectivity index (χ0v) is 11.8. The van der Waals surface area contributed by atoms with Crippen LogP contribution in [0.15, 0.2) is 18.5 Å². The molecule has 1 saturated heterocycles. The number of aromatic nitrogens is 3. The smallest absolute Gasteiger partial charge is 0.159 e. The summed E-state index contributed by atoms with van der Waals surface area (Å²) in [5.41, 5.74) is 0. The van der Waals surface area contributed by atoms with Crippen LogP contribution in [0.3, 0.4) is 0 Å². The Morgan fingerprint density at radius 1 is 1.35 bits per heavy atom. The van der Waals surface area contributed by atoms with Crippen LogP contribution in [0.2, 0.25) is 5.15 Å². The number of nitrogens with zero attached hydrogens (tertiary/aromatic N) is 4. The summed E-state index contributed by atoms with van der Waals surface area (Å²) in [6.45, 7) is 1.25. The third-order valence-corrected chi connectivity index (χ3v) is 3.74. The van der Waals surface area contributed by atoms with Crippen molar-refractivity contribution < 1.29 is 4.39 Å². The number of likely N-dealkylation sites (tertiary alicyclic amines) is 1. The van der Waals surface area contributed by atoms with Gasteiger partial charge in [-0.3, -0.25) is 4.98 Å². The zero-order chi connectivity index (χ0) is 14.1. The van der Waals surface area contributed by atoms with Crippen molar-refractivity contribution in [3.8, 4) is 0 Å². The Morgan fingerprint density at radius 3 is 3.00 bits per heavy atom. The van der Waals surface area contributed by atoms with Gasteiger partial charge < -0.3 is 10.2 Å². The van der Waals surface area contributed by atoms with Crippen LogP contribution < -0.4 is 5.32 Å². The summed E-state index contributed by atoms with van der Waals surface area (Å²) in [4.78, 5) is 6.05. The maximum atomic E-state index is 13.6. The summed E-state index contributed by atoms with van der Waals surface area (Å²) in [5.74, 6) is 0.602. The molecule has 0 amide bonds. The molecule has 2 atom stereocenters. The van der Waals surface area contributed by atoms with Gasteiger partial charge in [0, 0.05) is 48.7 Å². The Kier molecular flexibility index (Phi) is 3.67. The molecular formula is C13H15ClFN5. The molecule has 2 aromatic heterocycles. The minimum absolute atomic E-state index is 0.00244. The Morgan fingerprint density at radius 2 is 2.20 bits per heavy atom. The van der Waals surface area contributed by atoms with Gasteiger partial charge in [0.2, 0.25) is 0 Å². The molecule has 7 heteroatoms. The molecule has 0 aromatic carbocycles. The van der Waals surface area contributed by atoms with Crippen molar-refractivity contribution in [2.45, 2.75) is 18.6 Å². The van der Waals surface area contributed by atoms with E-state index in [1.165, 1.54) is 0 Å². The van der Waals surface area contributed by atoms with Crippen molar-refractivity contribution in [3.05, 3.63) is 23.6 Å². The van der Waals surface area contributed by atoms with Gasteiger partial charge in [0.1, 0.15) is 6.17 Å². The van der Waals surface area contributed by atoms with Crippen molar-refractivity contribution in [2.75, 3.05) is 25.5 Å². The molecule has 1 aliphatic heterocycles. The second-order valence-corrected chi connectivity index (χ2v) is 5.51. The van der Waals surface area contributed by atoms with E-state index in [-0.39, 0.29) is 6.04 Å². The molecular weight excluding hydrogens is 281 g/mol. The minimum atomic E-state index is -0.823. The highest BCUT2D eigenvalue weighted by Crippen LogP contribution is 2.26. The lowest BCUT2D eigenvalue weighted by atomic mass is 10.0. The summed E-state index contributed by atoms with van der Waals surface area (Å²) in [6.07, 6.45) is 3.00. The van der Waals surface area contributed by atoms with E-state index in [0.717, 1.165) is 17.3 Å². The van der Waals surface area contributed by atoms with Gasteiger partial charge in [-0.25, -0.2) is 4.39 Å². The first-order chi connectivity index (χ1) is 9.63. The number of anilines is 1. The first-order valence-corrected chi connectivity index (χ1v) is 6.86. The fourth-order valence-electron chi connectivity index (χ4n) is 2.62. The van der Waals surface area contributed by atoms with Crippen molar-refractivity contribution in [3.63, 3.8) is 0 Å². The Hall–Kier alpha value is -1.53. The van der Waals surface area contributed by atoms with Crippen LogP contribution in [-0.2, 0) is 0 Å². The van der Waals surface area contributed by atoms with Gasteiger partial charge in [-0.05, 0) is 13.1 Å². The number of fused-ring (bicyclic) bond motifs is 1. The van der Waals surface area contributed by atoms with Gasteiger partial charge in [0.25, 0.3) is 0 Å². The number of piperidine rings is 1. The Bertz CT molecular complexity index is 613. The fourth-order valence-corrected chi connectivity index (χ4v) is 2.82. The van der Waals surface area contributed by atoms with Gasteiger partial charge >= 0.3 is 0 Å². The second kappa shape index (κ2) is 5.46.